The van der Waals surface area contributed by atoms with Crippen LogP contribution in [0.3, 0.4) is 0 Å². The van der Waals surface area contributed by atoms with E-state index in [-0.39, 0.29) is 18.4 Å². The molecule has 166 valence electrons. The summed E-state index contributed by atoms with van der Waals surface area (Å²) in [6.07, 6.45) is 9.86. The quantitative estimate of drug-likeness (QED) is 0.344. The van der Waals surface area contributed by atoms with Crippen molar-refractivity contribution in [2.45, 2.75) is 76.9 Å². The van der Waals surface area contributed by atoms with E-state index in [1.165, 1.54) is 0 Å². The van der Waals surface area contributed by atoms with Gasteiger partial charge in [-0.3, -0.25) is 9.59 Å². The monoisotopic (exact) mass is 417 g/mol. The maximum Gasteiger partial charge on any atom is 0.303 e. The van der Waals surface area contributed by atoms with Crippen molar-refractivity contribution in [1.29, 1.82) is 0 Å². The van der Waals surface area contributed by atoms with Crippen LogP contribution in [0.15, 0.2) is 36.4 Å². The van der Waals surface area contributed by atoms with Crippen LogP contribution in [-0.2, 0) is 9.59 Å². The molecule has 0 saturated carbocycles. The first-order chi connectivity index (χ1) is 14.5. The Labute approximate surface area is 179 Å². The van der Waals surface area contributed by atoms with Gasteiger partial charge in [-0.1, -0.05) is 50.5 Å². The number of rotatable bonds is 14. The maximum absolute atomic E-state index is 12.2. The molecule has 0 aliphatic carbocycles. The van der Waals surface area contributed by atoms with Crippen molar-refractivity contribution in [3.63, 3.8) is 0 Å². The molecule has 1 aliphatic rings. The van der Waals surface area contributed by atoms with Crippen LogP contribution in [0.2, 0.25) is 0 Å². The molecule has 6 heteroatoms. The van der Waals surface area contributed by atoms with E-state index < -0.39 is 12.1 Å². The number of ether oxygens (including phenoxy) is 1. The van der Waals surface area contributed by atoms with Gasteiger partial charge >= 0.3 is 5.97 Å². The third-order valence-electron chi connectivity index (χ3n) is 5.40. The zero-order valence-electron chi connectivity index (χ0n) is 18.0. The number of carboxylic acid groups (broad SMARTS) is 1. The van der Waals surface area contributed by atoms with Gasteiger partial charge in [0.15, 0.2) is 0 Å². The fourth-order valence-corrected chi connectivity index (χ4v) is 3.63. The van der Waals surface area contributed by atoms with Gasteiger partial charge in [0.25, 0.3) is 0 Å². The second-order valence-electron chi connectivity index (χ2n) is 7.86. The molecule has 1 saturated heterocycles. The first-order valence-corrected chi connectivity index (χ1v) is 11.1. The summed E-state index contributed by atoms with van der Waals surface area (Å²) in [4.78, 5) is 24.6. The molecule has 0 radical (unpaired) electrons. The van der Waals surface area contributed by atoms with E-state index >= 15 is 0 Å². The highest BCUT2D eigenvalue weighted by Crippen LogP contribution is 2.24. The summed E-state index contributed by atoms with van der Waals surface area (Å²) in [6.45, 7) is 3.46. The molecule has 0 spiro atoms. The lowest BCUT2D eigenvalue weighted by molar-refractivity contribution is -0.137. The van der Waals surface area contributed by atoms with Crippen LogP contribution >= 0.6 is 0 Å². The van der Waals surface area contributed by atoms with Crippen LogP contribution < -0.4 is 4.74 Å². The number of carbonyl (C=O) groups excluding carboxylic acids is 1. The average Bonchev–Trinajstić information content (AvgIpc) is 3.08. The van der Waals surface area contributed by atoms with Gasteiger partial charge in [-0.15, -0.1) is 0 Å². The Bertz CT molecular complexity index is 703. The fourth-order valence-electron chi connectivity index (χ4n) is 3.63. The number of nitrogens with zero attached hydrogens (tertiary/aromatic N) is 1. The third-order valence-corrected chi connectivity index (χ3v) is 5.40. The van der Waals surface area contributed by atoms with Crippen molar-refractivity contribution < 1.29 is 24.5 Å². The number of aliphatic hydroxyl groups excluding tert-OH is 1. The molecule has 6 nitrogen and oxygen atoms in total. The minimum Gasteiger partial charge on any atom is -0.494 e. The number of amides is 1. The molecule has 1 aromatic rings. The summed E-state index contributed by atoms with van der Waals surface area (Å²) >= 11 is 0. The van der Waals surface area contributed by atoms with Gasteiger partial charge in [-0.25, -0.2) is 0 Å². The normalized spacial score (nSPS) is 17.6. The van der Waals surface area contributed by atoms with Crippen molar-refractivity contribution in [2.24, 2.45) is 0 Å². The van der Waals surface area contributed by atoms with Crippen molar-refractivity contribution in [3.8, 4) is 5.75 Å². The van der Waals surface area contributed by atoms with Gasteiger partial charge in [0.05, 0.1) is 18.8 Å². The molecule has 1 aromatic carbocycles. The molecule has 2 N–H and O–H groups in total. The highest BCUT2D eigenvalue weighted by atomic mass is 16.5. The summed E-state index contributed by atoms with van der Waals surface area (Å²) < 4.78 is 5.71. The van der Waals surface area contributed by atoms with Crippen molar-refractivity contribution in [2.75, 3.05) is 13.2 Å². The zero-order chi connectivity index (χ0) is 21.8. The maximum atomic E-state index is 12.2. The van der Waals surface area contributed by atoms with E-state index in [9.17, 15) is 14.7 Å². The molecule has 30 heavy (non-hydrogen) atoms. The predicted molar refractivity (Wildman–Crippen MR) is 116 cm³/mol. The van der Waals surface area contributed by atoms with Gasteiger partial charge in [0, 0.05) is 19.4 Å². The topological polar surface area (TPSA) is 87.1 Å². The molecule has 2 rings (SSSR count). The molecule has 1 aliphatic heterocycles. The minimum absolute atomic E-state index is 0.00940. The smallest absolute Gasteiger partial charge is 0.303 e. The summed E-state index contributed by atoms with van der Waals surface area (Å²) in [5.74, 6) is 0.150. The Balaban J connectivity index is 1.83. The van der Waals surface area contributed by atoms with Gasteiger partial charge in [-0.05, 0) is 43.4 Å². The molecule has 1 heterocycles. The Hall–Kier alpha value is -2.34. The van der Waals surface area contributed by atoms with Crippen LogP contribution in [0, 0.1) is 0 Å². The predicted octanol–water partition coefficient (Wildman–Crippen LogP) is 4.48. The highest BCUT2D eigenvalue weighted by molar-refractivity contribution is 5.79. The Kier molecular flexibility index (Phi) is 10.4. The number of hydrogen-bond donors (Lipinski definition) is 2. The number of carbonyl (C=O) groups is 2. The summed E-state index contributed by atoms with van der Waals surface area (Å²) in [5.41, 5.74) is 0.773. The van der Waals surface area contributed by atoms with Gasteiger partial charge in [0.2, 0.25) is 5.91 Å². The van der Waals surface area contributed by atoms with Gasteiger partial charge in [-0.2, -0.15) is 0 Å². The Morgan fingerprint density at radius 2 is 2.07 bits per heavy atom. The number of aliphatic hydroxyl groups is 1. The van der Waals surface area contributed by atoms with Crippen LogP contribution in [0.25, 0.3) is 0 Å². The van der Waals surface area contributed by atoms with Crippen LogP contribution in [0.5, 0.6) is 5.75 Å². The Morgan fingerprint density at radius 3 is 2.83 bits per heavy atom. The number of benzene rings is 1. The van der Waals surface area contributed by atoms with Crippen LogP contribution in [0.4, 0.5) is 0 Å². The fraction of sp³-hybridized carbons (Fsp3) is 0.583. The number of carboxylic acids is 1. The lowest BCUT2D eigenvalue weighted by Crippen LogP contribution is -2.32. The van der Waals surface area contributed by atoms with Gasteiger partial charge in [0.1, 0.15) is 5.75 Å². The van der Waals surface area contributed by atoms with Crippen molar-refractivity contribution >= 4 is 11.9 Å². The SMILES string of the molecule is CCCCOc1cccc([C@H](O)C=CC2CCC(=O)N2CCCCCCC(=O)O)c1. The number of aliphatic carboxylic acids is 1. The van der Waals surface area contributed by atoms with Crippen molar-refractivity contribution in [3.05, 3.63) is 42.0 Å². The highest BCUT2D eigenvalue weighted by Gasteiger charge is 2.28. The summed E-state index contributed by atoms with van der Waals surface area (Å²) in [6, 6.07) is 7.51. The largest absolute Gasteiger partial charge is 0.494 e. The van der Waals surface area contributed by atoms with Crippen LogP contribution in [0.1, 0.15) is 76.4 Å². The zero-order valence-corrected chi connectivity index (χ0v) is 18.0. The first kappa shape index (κ1) is 23.9. The Morgan fingerprint density at radius 1 is 1.27 bits per heavy atom. The van der Waals surface area contributed by atoms with E-state index in [2.05, 4.69) is 6.92 Å². The average molecular weight is 418 g/mol. The number of likely N-dealkylation sites (tertiary alicyclic amines) is 1. The summed E-state index contributed by atoms with van der Waals surface area (Å²) in [5, 5.41) is 19.2. The minimum atomic E-state index is -0.758. The standard InChI is InChI=1S/C24H35NO5/c1-2-3-17-30-21-10-8-9-19(18-21)22(26)14-12-20-13-15-23(27)25(20)16-7-5-4-6-11-24(28)29/h8-10,12,14,18,20,22,26H,2-7,11,13,15-17H2,1H3,(H,28,29)/t20?,22-/m1/s1. The molecular formula is C24H35NO5. The number of unbranched alkanes of at least 4 members (excludes halogenated alkanes) is 4. The summed E-state index contributed by atoms with van der Waals surface area (Å²) in [7, 11) is 0. The van der Waals surface area contributed by atoms with Gasteiger partial charge < -0.3 is 19.8 Å². The van der Waals surface area contributed by atoms with E-state index in [1.54, 1.807) is 6.08 Å². The first-order valence-electron chi connectivity index (χ1n) is 11.1. The molecule has 1 amide bonds. The lowest BCUT2D eigenvalue weighted by atomic mass is 10.1. The van der Waals surface area contributed by atoms with E-state index in [1.807, 2.05) is 35.2 Å². The lowest BCUT2D eigenvalue weighted by Gasteiger charge is -2.22. The van der Waals surface area contributed by atoms with Crippen molar-refractivity contribution in [1.82, 2.24) is 4.90 Å². The second kappa shape index (κ2) is 13.1. The molecule has 0 aromatic heterocycles. The van der Waals surface area contributed by atoms with E-state index in [0.29, 0.717) is 26.0 Å². The van der Waals surface area contributed by atoms with E-state index in [4.69, 9.17) is 9.84 Å². The number of hydrogen-bond acceptors (Lipinski definition) is 4. The molecular weight excluding hydrogens is 382 g/mol. The molecule has 1 unspecified atom stereocenters. The third kappa shape index (κ3) is 8.19. The van der Waals surface area contributed by atoms with Crippen LogP contribution in [-0.4, -0.2) is 46.2 Å². The second-order valence-corrected chi connectivity index (χ2v) is 7.86. The molecule has 1 fully saturated rings. The molecule has 2 atom stereocenters. The molecule has 0 bridgehead atoms. The van der Waals surface area contributed by atoms with E-state index in [0.717, 1.165) is 49.8 Å².